The van der Waals surface area contributed by atoms with Crippen molar-refractivity contribution in [1.29, 1.82) is 0 Å². The van der Waals surface area contributed by atoms with Crippen LogP contribution in [0.3, 0.4) is 0 Å². The Bertz CT molecular complexity index is 985. The molecule has 28 heavy (non-hydrogen) atoms. The zero-order valence-corrected chi connectivity index (χ0v) is 15.5. The van der Waals surface area contributed by atoms with Crippen LogP contribution in [0.25, 0.3) is 0 Å². The second kappa shape index (κ2) is 7.26. The fraction of sp³-hybridized carbons (Fsp3) is 0.250. The van der Waals surface area contributed by atoms with Crippen LogP contribution in [0.1, 0.15) is 43.9 Å². The summed E-state index contributed by atoms with van der Waals surface area (Å²) in [5.41, 5.74) is 0.801. The monoisotopic (exact) mass is 400 g/mol. The molecule has 2 aromatic carbocycles. The van der Waals surface area contributed by atoms with Crippen LogP contribution in [0.15, 0.2) is 36.4 Å². The quantitative estimate of drug-likeness (QED) is 0.607. The minimum absolute atomic E-state index is 0.132. The molecular formula is C20H17ClN2O5. The van der Waals surface area contributed by atoms with Crippen molar-refractivity contribution in [2.24, 2.45) is 0 Å². The van der Waals surface area contributed by atoms with Gasteiger partial charge in [0.05, 0.1) is 29.5 Å². The second-order valence-electron chi connectivity index (χ2n) is 6.73. The van der Waals surface area contributed by atoms with E-state index in [9.17, 15) is 19.5 Å². The average molecular weight is 401 g/mol. The summed E-state index contributed by atoms with van der Waals surface area (Å²) in [6.07, 6.45) is 1.58. The first-order valence-corrected chi connectivity index (χ1v) is 9.23. The number of nitrogens with one attached hydrogen (secondary N) is 1. The van der Waals surface area contributed by atoms with E-state index in [1.807, 2.05) is 0 Å². The summed E-state index contributed by atoms with van der Waals surface area (Å²) in [4.78, 5) is 38.9. The van der Waals surface area contributed by atoms with Crippen molar-refractivity contribution >= 4 is 35.0 Å². The molecule has 2 N–H and O–H groups in total. The second-order valence-corrected chi connectivity index (χ2v) is 7.17. The summed E-state index contributed by atoms with van der Waals surface area (Å²) in [6, 6.07) is 8.61. The van der Waals surface area contributed by atoms with Crippen LogP contribution in [-0.2, 0) is 4.74 Å². The van der Waals surface area contributed by atoms with Gasteiger partial charge in [-0.3, -0.25) is 19.3 Å². The Morgan fingerprint density at radius 2 is 1.96 bits per heavy atom. The summed E-state index contributed by atoms with van der Waals surface area (Å²) < 4.78 is 5.51. The van der Waals surface area contributed by atoms with Gasteiger partial charge in [-0.1, -0.05) is 11.6 Å². The molecule has 8 heteroatoms. The number of imide groups is 1. The molecule has 2 aromatic rings. The third kappa shape index (κ3) is 3.34. The molecule has 0 unspecified atom stereocenters. The van der Waals surface area contributed by atoms with Gasteiger partial charge >= 0.3 is 0 Å². The van der Waals surface area contributed by atoms with Gasteiger partial charge in [0.25, 0.3) is 17.7 Å². The largest absolute Gasteiger partial charge is 0.506 e. The van der Waals surface area contributed by atoms with Crippen LogP contribution >= 0.6 is 11.6 Å². The number of benzene rings is 2. The van der Waals surface area contributed by atoms with E-state index in [1.54, 1.807) is 0 Å². The number of nitrogens with zero attached hydrogens (tertiary/aromatic N) is 1. The van der Waals surface area contributed by atoms with E-state index in [0.717, 1.165) is 12.8 Å². The maximum atomic E-state index is 12.7. The zero-order valence-electron chi connectivity index (χ0n) is 14.8. The Kier molecular flexibility index (Phi) is 4.78. The highest BCUT2D eigenvalue weighted by Crippen LogP contribution is 2.29. The third-order valence-corrected chi connectivity index (χ3v) is 5.08. The van der Waals surface area contributed by atoms with Crippen molar-refractivity contribution in [1.82, 2.24) is 4.90 Å². The van der Waals surface area contributed by atoms with E-state index in [0.29, 0.717) is 11.6 Å². The van der Waals surface area contributed by atoms with Gasteiger partial charge in [0, 0.05) is 17.2 Å². The molecule has 4 rings (SSSR count). The Hall–Kier alpha value is -2.90. The molecular weight excluding hydrogens is 384 g/mol. The van der Waals surface area contributed by atoms with E-state index in [-0.39, 0.29) is 46.7 Å². The van der Waals surface area contributed by atoms with Gasteiger partial charge in [-0.25, -0.2) is 0 Å². The highest BCUT2D eigenvalue weighted by atomic mass is 35.5. The summed E-state index contributed by atoms with van der Waals surface area (Å²) in [5, 5.41) is 12.7. The number of phenols is 1. The molecule has 7 nitrogen and oxygen atoms in total. The molecule has 1 fully saturated rings. The number of carbonyl (C=O) groups excluding carboxylic acids is 3. The number of hydrogen-bond acceptors (Lipinski definition) is 5. The van der Waals surface area contributed by atoms with Gasteiger partial charge in [0.1, 0.15) is 5.75 Å². The fourth-order valence-electron chi connectivity index (χ4n) is 3.39. The molecule has 3 amide bonds. The Morgan fingerprint density at radius 1 is 1.18 bits per heavy atom. The molecule has 0 aliphatic carbocycles. The minimum Gasteiger partial charge on any atom is -0.506 e. The summed E-state index contributed by atoms with van der Waals surface area (Å²) in [6.45, 7) is 0.846. The molecule has 1 saturated heterocycles. The standard InChI is InChI=1S/C20H17ClN2O5/c21-12-4-6-17(24)16(9-12)22-18(25)11-3-5-14-15(8-11)20(27)23(19(14)26)10-13-2-1-7-28-13/h3-6,8-9,13,24H,1-2,7,10H2,(H,22,25)/t13-/m0/s1. The van der Waals surface area contributed by atoms with E-state index in [4.69, 9.17) is 16.3 Å². The van der Waals surface area contributed by atoms with Gasteiger partial charge in [-0.2, -0.15) is 0 Å². The number of rotatable bonds is 4. The maximum Gasteiger partial charge on any atom is 0.261 e. The molecule has 1 atom stereocenters. The van der Waals surface area contributed by atoms with Crippen LogP contribution in [-0.4, -0.2) is 47.0 Å². The Labute approximate surface area is 165 Å². The third-order valence-electron chi connectivity index (χ3n) is 4.85. The van der Waals surface area contributed by atoms with Gasteiger partial charge < -0.3 is 15.2 Å². The summed E-state index contributed by atoms with van der Waals surface area (Å²) in [5.74, 6) is -1.48. The Morgan fingerprint density at radius 3 is 2.71 bits per heavy atom. The van der Waals surface area contributed by atoms with Crippen molar-refractivity contribution in [2.75, 3.05) is 18.5 Å². The SMILES string of the molecule is O=C(Nc1cc(Cl)ccc1O)c1ccc2c(c1)C(=O)N(C[C@@H]1CCCO1)C2=O. The van der Waals surface area contributed by atoms with Crippen molar-refractivity contribution < 1.29 is 24.2 Å². The van der Waals surface area contributed by atoms with Crippen LogP contribution in [0.2, 0.25) is 5.02 Å². The smallest absolute Gasteiger partial charge is 0.261 e. The fourth-order valence-corrected chi connectivity index (χ4v) is 3.56. The highest BCUT2D eigenvalue weighted by Gasteiger charge is 2.38. The Balaban J connectivity index is 1.55. The predicted molar refractivity (Wildman–Crippen MR) is 102 cm³/mol. The van der Waals surface area contributed by atoms with Crippen LogP contribution in [0, 0.1) is 0 Å². The number of hydrogen-bond donors (Lipinski definition) is 2. The van der Waals surface area contributed by atoms with Crippen LogP contribution in [0.4, 0.5) is 5.69 Å². The topological polar surface area (TPSA) is 95.9 Å². The van der Waals surface area contributed by atoms with Crippen molar-refractivity contribution in [3.8, 4) is 5.75 Å². The molecule has 2 aliphatic rings. The molecule has 2 aliphatic heterocycles. The lowest BCUT2D eigenvalue weighted by atomic mass is 10.1. The number of phenolic OH excluding ortho intramolecular Hbond substituents is 1. The van der Waals surface area contributed by atoms with E-state index < -0.39 is 11.8 Å². The normalized spacial score (nSPS) is 18.5. The summed E-state index contributed by atoms with van der Waals surface area (Å²) >= 11 is 5.88. The number of fused-ring (bicyclic) bond motifs is 1. The van der Waals surface area contributed by atoms with Gasteiger partial charge in [-0.15, -0.1) is 0 Å². The zero-order chi connectivity index (χ0) is 19.8. The molecule has 0 spiro atoms. The number of amides is 3. The summed E-state index contributed by atoms with van der Waals surface area (Å²) in [7, 11) is 0. The first kappa shape index (κ1) is 18.5. The highest BCUT2D eigenvalue weighted by molar-refractivity contribution is 6.31. The van der Waals surface area contributed by atoms with E-state index in [1.165, 1.54) is 41.3 Å². The number of carbonyl (C=O) groups is 3. The molecule has 0 bridgehead atoms. The van der Waals surface area contributed by atoms with Gasteiger partial charge in [0.2, 0.25) is 0 Å². The van der Waals surface area contributed by atoms with Crippen molar-refractivity contribution in [3.63, 3.8) is 0 Å². The first-order chi connectivity index (χ1) is 13.4. The lowest BCUT2D eigenvalue weighted by molar-refractivity contribution is 0.0475. The van der Waals surface area contributed by atoms with Crippen molar-refractivity contribution in [3.05, 3.63) is 58.1 Å². The number of anilines is 1. The lowest BCUT2D eigenvalue weighted by Crippen LogP contribution is -2.36. The number of ether oxygens (including phenoxy) is 1. The first-order valence-electron chi connectivity index (χ1n) is 8.86. The number of aromatic hydroxyl groups is 1. The molecule has 2 heterocycles. The molecule has 0 aromatic heterocycles. The van der Waals surface area contributed by atoms with E-state index >= 15 is 0 Å². The van der Waals surface area contributed by atoms with Gasteiger partial charge in [0.15, 0.2) is 0 Å². The molecule has 0 radical (unpaired) electrons. The van der Waals surface area contributed by atoms with Crippen molar-refractivity contribution in [2.45, 2.75) is 18.9 Å². The maximum absolute atomic E-state index is 12.7. The molecule has 0 saturated carbocycles. The number of halogens is 1. The van der Waals surface area contributed by atoms with Crippen LogP contribution in [0.5, 0.6) is 5.75 Å². The minimum atomic E-state index is -0.529. The predicted octanol–water partition coefficient (Wildman–Crippen LogP) is 3.07. The van der Waals surface area contributed by atoms with Gasteiger partial charge in [-0.05, 0) is 49.2 Å². The van der Waals surface area contributed by atoms with Crippen LogP contribution < -0.4 is 5.32 Å². The average Bonchev–Trinajstić information content (AvgIpc) is 3.27. The van der Waals surface area contributed by atoms with E-state index in [2.05, 4.69) is 5.32 Å². The lowest BCUT2D eigenvalue weighted by Gasteiger charge is -2.17. The molecule has 144 valence electrons.